The molecule has 4 rings (SSSR count). The van der Waals surface area contributed by atoms with E-state index in [2.05, 4.69) is 10.6 Å². The molecule has 0 bridgehead atoms. The van der Waals surface area contributed by atoms with Crippen LogP contribution in [-0.4, -0.2) is 30.2 Å². The Bertz CT molecular complexity index is 990. The van der Waals surface area contributed by atoms with Gasteiger partial charge in [-0.15, -0.1) is 11.8 Å². The van der Waals surface area contributed by atoms with Gasteiger partial charge in [0.2, 0.25) is 11.8 Å². The first kappa shape index (κ1) is 21.5. The predicted octanol–water partition coefficient (Wildman–Crippen LogP) is 5.14. The van der Waals surface area contributed by atoms with Crippen molar-refractivity contribution in [1.82, 2.24) is 0 Å². The second-order valence-corrected chi connectivity index (χ2v) is 8.87. The molecule has 1 unspecified atom stereocenters. The number of halogens is 3. The zero-order chi connectivity index (χ0) is 22.0. The normalized spacial score (nSPS) is 18.9. The fourth-order valence-corrected chi connectivity index (χ4v) is 4.93. The maximum Gasteiger partial charge on any atom is 0.416 e. The molecule has 2 N–H and O–H groups in total. The molecule has 2 amide bonds. The molecule has 1 fully saturated rings. The summed E-state index contributed by atoms with van der Waals surface area (Å²) in [5, 5.41) is 4.76. The average Bonchev–Trinajstić information content (AvgIpc) is 2.74. The summed E-state index contributed by atoms with van der Waals surface area (Å²) >= 11 is 1.28. The second kappa shape index (κ2) is 8.82. The Morgan fingerprint density at radius 3 is 2.61 bits per heavy atom. The average molecular weight is 449 g/mol. The van der Waals surface area contributed by atoms with Crippen LogP contribution in [0.3, 0.4) is 0 Å². The molecule has 1 saturated heterocycles. The highest BCUT2D eigenvalue weighted by Crippen LogP contribution is 2.38. The van der Waals surface area contributed by atoms with E-state index < -0.39 is 22.9 Å². The van der Waals surface area contributed by atoms with Gasteiger partial charge in [0.15, 0.2) is 0 Å². The maximum atomic E-state index is 13.3. The fourth-order valence-electron chi connectivity index (χ4n) is 3.82. The van der Waals surface area contributed by atoms with Crippen molar-refractivity contribution in [2.75, 3.05) is 28.6 Å². The third-order valence-electron chi connectivity index (χ3n) is 5.37. The number of thioether (sulfide) groups is 1. The minimum absolute atomic E-state index is 0.128. The van der Waals surface area contributed by atoms with Gasteiger partial charge in [-0.25, -0.2) is 0 Å². The zero-order valence-electron chi connectivity index (χ0n) is 16.7. The van der Waals surface area contributed by atoms with Crippen LogP contribution < -0.4 is 15.5 Å². The zero-order valence-corrected chi connectivity index (χ0v) is 17.5. The molecule has 0 radical (unpaired) electrons. The van der Waals surface area contributed by atoms with E-state index in [-0.39, 0.29) is 18.0 Å². The molecule has 2 heterocycles. The molecule has 2 aliphatic rings. The highest BCUT2D eigenvalue weighted by Gasteiger charge is 2.33. The number of nitrogens with zero attached hydrogens (tertiary/aromatic N) is 1. The number of anilines is 3. The van der Waals surface area contributed by atoms with Crippen molar-refractivity contribution in [2.24, 2.45) is 0 Å². The van der Waals surface area contributed by atoms with Gasteiger partial charge in [0, 0.05) is 24.4 Å². The molecule has 1 atom stereocenters. The summed E-state index contributed by atoms with van der Waals surface area (Å²) in [5.41, 5.74) is 0.581. The number of fused-ring (bicyclic) bond motifs is 1. The van der Waals surface area contributed by atoms with E-state index in [4.69, 9.17) is 0 Å². The van der Waals surface area contributed by atoms with Crippen LogP contribution in [0.1, 0.15) is 31.2 Å². The van der Waals surface area contributed by atoms with Crippen LogP contribution in [0.5, 0.6) is 0 Å². The van der Waals surface area contributed by atoms with Gasteiger partial charge in [-0.2, -0.15) is 13.2 Å². The maximum absolute atomic E-state index is 13.3. The summed E-state index contributed by atoms with van der Waals surface area (Å²) in [6, 6.07) is 10.7. The number of hydrogen-bond donors (Lipinski definition) is 2. The van der Waals surface area contributed by atoms with Gasteiger partial charge in [-0.3, -0.25) is 9.59 Å². The van der Waals surface area contributed by atoms with Crippen LogP contribution in [0.25, 0.3) is 0 Å². The van der Waals surface area contributed by atoms with Gasteiger partial charge >= 0.3 is 6.18 Å². The summed E-state index contributed by atoms with van der Waals surface area (Å²) < 4.78 is 39.8. The summed E-state index contributed by atoms with van der Waals surface area (Å²) in [4.78, 5) is 28.0. The first-order valence-electron chi connectivity index (χ1n) is 10.1. The third-order valence-corrected chi connectivity index (χ3v) is 6.65. The number of nitrogens with one attached hydrogen (secondary N) is 2. The Hall–Kier alpha value is -2.68. The van der Waals surface area contributed by atoms with Crippen molar-refractivity contribution in [1.29, 1.82) is 0 Å². The fraction of sp³-hybridized carbons (Fsp3) is 0.364. The first-order valence-corrected chi connectivity index (χ1v) is 11.0. The summed E-state index contributed by atoms with van der Waals surface area (Å²) in [5.74, 6) is -0.788. The minimum Gasteiger partial charge on any atom is -0.370 e. The standard InChI is InChI=1S/C22H22F3N3O2S/c23-22(24,25)14-8-9-17(28-10-4-1-5-11-28)16(12-14)26-20(29)13-19-21(30)27-15-6-2-3-7-18(15)31-19/h2-3,6-9,12,19H,1,4-5,10-11,13H2,(H,26,29)(H,27,30). The van der Waals surface area contributed by atoms with E-state index in [9.17, 15) is 22.8 Å². The molecule has 0 spiro atoms. The topological polar surface area (TPSA) is 61.4 Å². The summed E-state index contributed by atoms with van der Waals surface area (Å²) in [6.07, 6.45) is -1.67. The monoisotopic (exact) mass is 449 g/mol. The van der Waals surface area contributed by atoms with Gasteiger partial charge in [-0.1, -0.05) is 12.1 Å². The molecular weight excluding hydrogens is 427 g/mol. The molecule has 0 aromatic heterocycles. The summed E-state index contributed by atoms with van der Waals surface area (Å²) in [6.45, 7) is 1.46. The number of piperidine rings is 1. The van der Waals surface area contributed by atoms with Gasteiger partial charge in [0.25, 0.3) is 0 Å². The van der Waals surface area contributed by atoms with Crippen molar-refractivity contribution < 1.29 is 22.8 Å². The van der Waals surface area contributed by atoms with Gasteiger partial charge in [0.1, 0.15) is 0 Å². The number of alkyl halides is 3. The van der Waals surface area contributed by atoms with Crippen LogP contribution in [0.4, 0.5) is 30.2 Å². The number of hydrogen-bond acceptors (Lipinski definition) is 4. The lowest BCUT2D eigenvalue weighted by Crippen LogP contribution is -2.33. The number of amides is 2. The number of rotatable bonds is 4. The third kappa shape index (κ3) is 4.98. The SMILES string of the molecule is O=C(CC1Sc2ccccc2NC1=O)Nc1cc(C(F)(F)F)ccc1N1CCCCC1. The molecule has 2 aliphatic heterocycles. The quantitative estimate of drug-likeness (QED) is 0.679. The van der Waals surface area contributed by atoms with Crippen molar-refractivity contribution in [2.45, 2.75) is 42.0 Å². The first-order chi connectivity index (χ1) is 14.8. The lowest BCUT2D eigenvalue weighted by molar-refractivity contribution is -0.137. The van der Waals surface area contributed by atoms with Crippen molar-refractivity contribution in [3.63, 3.8) is 0 Å². The van der Waals surface area contributed by atoms with E-state index in [1.54, 1.807) is 6.07 Å². The highest BCUT2D eigenvalue weighted by molar-refractivity contribution is 8.01. The molecule has 164 valence electrons. The van der Waals surface area contributed by atoms with Crippen molar-refractivity contribution >= 4 is 40.6 Å². The van der Waals surface area contributed by atoms with Crippen LogP contribution >= 0.6 is 11.8 Å². The minimum atomic E-state index is -4.51. The number of benzene rings is 2. The van der Waals surface area contributed by atoms with Gasteiger partial charge in [0.05, 0.1) is 27.9 Å². The van der Waals surface area contributed by atoms with Gasteiger partial charge in [-0.05, 0) is 49.6 Å². The van der Waals surface area contributed by atoms with E-state index in [0.29, 0.717) is 11.4 Å². The lowest BCUT2D eigenvalue weighted by atomic mass is 10.1. The molecule has 2 aromatic rings. The molecule has 5 nitrogen and oxygen atoms in total. The highest BCUT2D eigenvalue weighted by atomic mass is 32.2. The van der Waals surface area contributed by atoms with E-state index in [1.165, 1.54) is 17.8 Å². The second-order valence-electron chi connectivity index (χ2n) is 7.62. The largest absolute Gasteiger partial charge is 0.416 e. The smallest absolute Gasteiger partial charge is 0.370 e. The van der Waals surface area contributed by atoms with E-state index in [0.717, 1.165) is 49.4 Å². The van der Waals surface area contributed by atoms with Crippen LogP contribution in [-0.2, 0) is 15.8 Å². The molecule has 0 aliphatic carbocycles. The van der Waals surface area contributed by atoms with Crippen LogP contribution in [0, 0.1) is 0 Å². The lowest BCUT2D eigenvalue weighted by Gasteiger charge is -2.31. The Balaban J connectivity index is 1.53. The molecule has 0 saturated carbocycles. The predicted molar refractivity (Wildman–Crippen MR) is 115 cm³/mol. The number of carbonyl (C=O) groups excluding carboxylic acids is 2. The molecule has 31 heavy (non-hydrogen) atoms. The molecule has 2 aromatic carbocycles. The molecular formula is C22H22F3N3O2S. The van der Waals surface area contributed by atoms with Gasteiger partial charge < -0.3 is 15.5 Å². The van der Waals surface area contributed by atoms with E-state index in [1.807, 2.05) is 23.1 Å². The van der Waals surface area contributed by atoms with Crippen LogP contribution in [0.15, 0.2) is 47.4 Å². The van der Waals surface area contributed by atoms with Crippen LogP contribution in [0.2, 0.25) is 0 Å². The Morgan fingerprint density at radius 1 is 1.13 bits per heavy atom. The van der Waals surface area contributed by atoms with Crippen molar-refractivity contribution in [3.05, 3.63) is 48.0 Å². The number of para-hydroxylation sites is 1. The summed E-state index contributed by atoms with van der Waals surface area (Å²) in [7, 11) is 0. The Morgan fingerprint density at radius 2 is 1.87 bits per heavy atom. The number of carbonyl (C=O) groups is 2. The molecule has 9 heteroatoms. The Kier molecular flexibility index (Phi) is 6.13. The van der Waals surface area contributed by atoms with Crippen molar-refractivity contribution in [3.8, 4) is 0 Å². The Labute approximate surface area is 182 Å². The van der Waals surface area contributed by atoms with E-state index >= 15 is 0 Å².